The van der Waals surface area contributed by atoms with E-state index in [2.05, 4.69) is 15.9 Å². The summed E-state index contributed by atoms with van der Waals surface area (Å²) in [4.78, 5) is 0. The highest BCUT2D eigenvalue weighted by Gasteiger charge is 2.12. The first-order valence-electron chi connectivity index (χ1n) is 2.23. The van der Waals surface area contributed by atoms with Crippen molar-refractivity contribution in [3.8, 4) is 0 Å². The minimum absolute atomic E-state index is 0.000000000000000222. The fraction of sp³-hybridized carbons (Fsp3) is 1.00. The average Bonchev–Trinajstić information content (AvgIpc) is 1.68. The molecular weight excluding hydrogens is 156 g/mol. The van der Waals surface area contributed by atoms with Crippen molar-refractivity contribution in [2.75, 3.05) is 12.4 Å². The Morgan fingerprint density at radius 3 is 2.00 bits per heavy atom. The summed E-state index contributed by atoms with van der Waals surface area (Å²) in [5.74, 6) is 0. The number of rotatable bonds is 2. The van der Waals surface area contributed by atoms with Gasteiger partial charge in [0, 0.05) is 12.4 Å². The molecule has 0 rings (SSSR count). The van der Waals surface area contributed by atoms with Gasteiger partial charge in [0.15, 0.2) is 0 Å². The zero-order valence-electron chi connectivity index (χ0n) is 4.99. The largest absolute Gasteiger partial charge is 0.378 e. The van der Waals surface area contributed by atoms with Gasteiger partial charge in [-0.15, -0.1) is 0 Å². The van der Waals surface area contributed by atoms with Crippen LogP contribution in [0.4, 0.5) is 0 Å². The number of hydrogen-bond acceptors (Lipinski definition) is 1. The van der Waals surface area contributed by atoms with E-state index in [0.29, 0.717) is 0 Å². The predicted octanol–water partition coefficient (Wildman–Crippen LogP) is 1.81. The van der Waals surface area contributed by atoms with Crippen molar-refractivity contribution in [3.05, 3.63) is 0 Å². The van der Waals surface area contributed by atoms with Crippen LogP contribution in [-0.2, 0) is 4.74 Å². The van der Waals surface area contributed by atoms with Crippen LogP contribution in [0.5, 0.6) is 0 Å². The second-order valence-electron chi connectivity index (χ2n) is 2.10. The molecule has 0 saturated heterocycles. The van der Waals surface area contributed by atoms with Crippen molar-refractivity contribution in [1.29, 1.82) is 0 Å². The Kier molecular flexibility index (Phi) is 2.84. The van der Waals surface area contributed by atoms with E-state index >= 15 is 0 Å². The molecule has 7 heavy (non-hydrogen) atoms. The van der Waals surface area contributed by atoms with Crippen LogP contribution in [-0.4, -0.2) is 18.0 Å². The molecule has 0 aliphatic carbocycles. The van der Waals surface area contributed by atoms with Crippen molar-refractivity contribution in [1.82, 2.24) is 0 Å². The van der Waals surface area contributed by atoms with Crippen molar-refractivity contribution >= 4 is 15.9 Å². The van der Waals surface area contributed by atoms with E-state index in [9.17, 15) is 0 Å². The first kappa shape index (κ1) is 7.44. The van der Waals surface area contributed by atoms with Crippen LogP contribution < -0.4 is 0 Å². The van der Waals surface area contributed by atoms with Gasteiger partial charge in [-0.05, 0) is 13.8 Å². The van der Waals surface area contributed by atoms with Crippen LogP contribution >= 0.6 is 15.9 Å². The van der Waals surface area contributed by atoms with Gasteiger partial charge < -0.3 is 4.74 Å². The van der Waals surface area contributed by atoms with Gasteiger partial charge in [0.2, 0.25) is 0 Å². The van der Waals surface area contributed by atoms with Crippen LogP contribution in [0.3, 0.4) is 0 Å². The molecule has 2 heteroatoms. The topological polar surface area (TPSA) is 9.23 Å². The summed E-state index contributed by atoms with van der Waals surface area (Å²) in [5, 5.41) is 0.885. The molecule has 0 amide bonds. The summed E-state index contributed by atoms with van der Waals surface area (Å²) < 4.78 is 5.04. The molecule has 0 aromatic heterocycles. The number of methoxy groups -OCH3 is 1. The fourth-order valence-corrected chi connectivity index (χ4v) is 0.283. The number of ether oxygens (including phenoxy) is 1. The van der Waals surface area contributed by atoms with Crippen LogP contribution in [0.15, 0.2) is 0 Å². The van der Waals surface area contributed by atoms with E-state index in [1.54, 1.807) is 7.11 Å². The maximum atomic E-state index is 5.04. The van der Waals surface area contributed by atoms with Gasteiger partial charge in [-0.1, -0.05) is 15.9 Å². The van der Waals surface area contributed by atoms with Crippen LogP contribution in [0, 0.1) is 0 Å². The molecule has 0 bridgehead atoms. The minimum atomic E-state index is -0.000000000000000222. The van der Waals surface area contributed by atoms with E-state index in [1.165, 1.54) is 0 Å². The van der Waals surface area contributed by atoms with Gasteiger partial charge in [-0.2, -0.15) is 0 Å². The van der Waals surface area contributed by atoms with E-state index in [4.69, 9.17) is 4.74 Å². The van der Waals surface area contributed by atoms with Gasteiger partial charge in [0.05, 0.1) is 5.60 Å². The molecule has 0 atom stereocenters. The third kappa shape index (κ3) is 3.06. The van der Waals surface area contributed by atoms with Gasteiger partial charge in [0.25, 0.3) is 0 Å². The molecule has 0 aliphatic heterocycles. The standard InChI is InChI=1S/C5H11BrO/c1-5(2,4-6)7-3/h4H2,1-3H3. The molecule has 44 valence electrons. The highest BCUT2D eigenvalue weighted by Crippen LogP contribution is 2.09. The fourth-order valence-electron chi connectivity index (χ4n) is 0.0546. The summed E-state index contributed by atoms with van der Waals surface area (Å²) in [7, 11) is 1.71. The first-order valence-corrected chi connectivity index (χ1v) is 3.35. The Labute approximate surface area is 53.2 Å². The van der Waals surface area contributed by atoms with E-state index in [1.807, 2.05) is 13.8 Å². The number of halogens is 1. The number of hydrogen-bond donors (Lipinski definition) is 0. The average molecular weight is 167 g/mol. The van der Waals surface area contributed by atoms with Crippen molar-refractivity contribution in [2.24, 2.45) is 0 Å². The molecule has 0 aliphatic rings. The SMILES string of the molecule is COC(C)(C)CBr. The van der Waals surface area contributed by atoms with Gasteiger partial charge in [0.1, 0.15) is 0 Å². The van der Waals surface area contributed by atoms with Crippen molar-refractivity contribution < 1.29 is 4.74 Å². The zero-order valence-corrected chi connectivity index (χ0v) is 6.58. The maximum Gasteiger partial charge on any atom is 0.0719 e. The summed E-state index contributed by atoms with van der Waals surface area (Å²) in [6.45, 7) is 4.06. The summed E-state index contributed by atoms with van der Waals surface area (Å²) in [6.07, 6.45) is 0. The van der Waals surface area contributed by atoms with E-state index in [-0.39, 0.29) is 5.60 Å². The summed E-state index contributed by atoms with van der Waals surface area (Å²) in [6, 6.07) is 0. The molecule has 0 N–H and O–H groups in total. The second kappa shape index (κ2) is 2.68. The molecule has 0 aromatic carbocycles. The molecule has 0 aromatic rings. The Morgan fingerprint density at radius 2 is 2.00 bits per heavy atom. The Morgan fingerprint density at radius 1 is 1.57 bits per heavy atom. The van der Waals surface area contributed by atoms with E-state index < -0.39 is 0 Å². The molecule has 1 nitrogen and oxygen atoms in total. The Balaban J connectivity index is 3.36. The smallest absolute Gasteiger partial charge is 0.0719 e. The molecule has 0 spiro atoms. The molecule has 0 unspecified atom stereocenters. The van der Waals surface area contributed by atoms with Gasteiger partial charge in [-0.25, -0.2) is 0 Å². The monoisotopic (exact) mass is 166 g/mol. The lowest BCUT2D eigenvalue weighted by Gasteiger charge is -2.18. The second-order valence-corrected chi connectivity index (χ2v) is 2.66. The van der Waals surface area contributed by atoms with Crippen LogP contribution in [0.25, 0.3) is 0 Å². The normalized spacial score (nSPS) is 12.0. The van der Waals surface area contributed by atoms with Gasteiger partial charge >= 0.3 is 0 Å². The van der Waals surface area contributed by atoms with Crippen LogP contribution in [0.2, 0.25) is 0 Å². The summed E-state index contributed by atoms with van der Waals surface area (Å²) >= 11 is 3.31. The quantitative estimate of drug-likeness (QED) is 0.570. The molecule has 0 radical (unpaired) electrons. The third-order valence-electron chi connectivity index (χ3n) is 0.874. The maximum absolute atomic E-state index is 5.04. The Bertz CT molecular complexity index is 46.0. The minimum Gasteiger partial charge on any atom is -0.378 e. The van der Waals surface area contributed by atoms with E-state index in [0.717, 1.165) is 5.33 Å². The van der Waals surface area contributed by atoms with Crippen molar-refractivity contribution in [3.63, 3.8) is 0 Å². The van der Waals surface area contributed by atoms with Crippen LogP contribution in [0.1, 0.15) is 13.8 Å². The zero-order chi connectivity index (χ0) is 5.91. The molecule has 0 saturated carbocycles. The Hall–Kier alpha value is 0.440. The van der Waals surface area contributed by atoms with Crippen molar-refractivity contribution in [2.45, 2.75) is 19.4 Å². The molecule has 0 heterocycles. The first-order chi connectivity index (χ1) is 3.12. The van der Waals surface area contributed by atoms with Gasteiger partial charge in [-0.3, -0.25) is 0 Å². The highest BCUT2D eigenvalue weighted by molar-refractivity contribution is 9.09. The lowest BCUT2D eigenvalue weighted by Crippen LogP contribution is -2.23. The highest BCUT2D eigenvalue weighted by atomic mass is 79.9. The third-order valence-corrected chi connectivity index (χ3v) is 2.22. The predicted molar refractivity (Wildman–Crippen MR) is 34.9 cm³/mol. The lowest BCUT2D eigenvalue weighted by atomic mass is 10.2. The molecular formula is C5H11BrO. The lowest BCUT2D eigenvalue weighted by molar-refractivity contribution is 0.0451. The number of alkyl halides is 1. The summed E-state index contributed by atoms with van der Waals surface area (Å²) in [5.41, 5.74) is -0.000000000000000222. The molecule has 0 fully saturated rings.